The van der Waals surface area contributed by atoms with Crippen LogP contribution in [0.25, 0.3) is 0 Å². The monoisotopic (exact) mass is 277 g/mol. The lowest BCUT2D eigenvalue weighted by Gasteiger charge is -2.27. The first-order chi connectivity index (χ1) is 9.62. The van der Waals surface area contributed by atoms with Gasteiger partial charge in [0.2, 0.25) is 5.91 Å². The van der Waals surface area contributed by atoms with Gasteiger partial charge in [0, 0.05) is 18.5 Å². The molecule has 1 aliphatic heterocycles. The Hall–Kier alpha value is -2.04. The Bertz CT molecular complexity index is 539. The predicted molar refractivity (Wildman–Crippen MR) is 74.2 cm³/mol. The molecule has 108 valence electrons. The van der Waals surface area contributed by atoms with Gasteiger partial charge in [-0.3, -0.25) is 14.5 Å². The average molecular weight is 277 g/mol. The van der Waals surface area contributed by atoms with Crippen LogP contribution in [0, 0.1) is 0 Å². The topological polar surface area (TPSA) is 55.8 Å². The Kier molecular flexibility index (Phi) is 4.27. The van der Waals surface area contributed by atoms with Crippen molar-refractivity contribution in [2.45, 2.75) is 26.2 Å². The molecule has 0 atom stereocenters. The third-order valence-electron chi connectivity index (χ3n) is 3.45. The number of fused-ring (bicyclic) bond motifs is 1. The highest BCUT2D eigenvalue weighted by molar-refractivity contribution is 6.06. The fourth-order valence-corrected chi connectivity index (χ4v) is 2.39. The van der Waals surface area contributed by atoms with Gasteiger partial charge in [-0.2, -0.15) is 0 Å². The molecule has 0 saturated heterocycles. The molecule has 0 bridgehead atoms. The number of ether oxygens (including phenoxy) is 2. The summed E-state index contributed by atoms with van der Waals surface area (Å²) < 4.78 is 10.4. The molecular weight excluding hydrogens is 258 g/mol. The standard InChI is InChI=1S/C15H19NO4/c1-4-5-14(17)16-7-6-10-8-12(19-2)13(20-3)9-11(10)15(16)18/h8-9H,4-7H2,1-3H3. The zero-order valence-corrected chi connectivity index (χ0v) is 12.1. The van der Waals surface area contributed by atoms with Gasteiger partial charge in [0.15, 0.2) is 11.5 Å². The van der Waals surface area contributed by atoms with E-state index in [1.807, 2.05) is 13.0 Å². The van der Waals surface area contributed by atoms with Crippen molar-refractivity contribution >= 4 is 11.8 Å². The van der Waals surface area contributed by atoms with Crippen molar-refractivity contribution in [3.8, 4) is 11.5 Å². The molecule has 1 aromatic rings. The van der Waals surface area contributed by atoms with E-state index < -0.39 is 0 Å². The van der Waals surface area contributed by atoms with Crippen molar-refractivity contribution in [3.63, 3.8) is 0 Å². The van der Waals surface area contributed by atoms with Crippen LogP contribution in [0.3, 0.4) is 0 Å². The SMILES string of the molecule is CCCC(=O)N1CCc2cc(OC)c(OC)cc2C1=O. The van der Waals surface area contributed by atoms with E-state index in [2.05, 4.69) is 0 Å². The number of hydrogen-bond acceptors (Lipinski definition) is 4. The molecule has 0 aliphatic carbocycles. The lowest BCUT2D eigenvalue weighted by atomic mass is 9.97. The van der Waals surface area contributed by atoms with E-state index in [4.69, 9.17) is 9.47 Å². The lowest BCUT2D eigenvalue weighted by Crippen LogP contribution is -2.41. The Morgan fingerprint density at radius 1 is 1.25 bits per heavy atom. The number of carbonyl (C=O) groups is 2. The van der Waals surface area contributed by atoms with Crippen molar-refractivity contribution in [1.82, 2.24) is 4.90 Å². The molecule has 20 heavy (non-hydrogen) atoms. The Morgan fingerprint density at radius 2 is 1.90 bits per heavy atom. The van der Waals surface area contributed by atoms with E-state index in [9.17, 15) is 9.59 Å². The number of hydrogen-bond donors (Lipinski definition) is 0. The summed E-state index contributed by atoms with van der Waals surface area (Å²) in [6.07, 6.45) is 1.78. The summed E-state index contributed by atoms with van der Waals surface area (Å²) >= 11 is 0. The second kappa shape index (κ2) is 5.94. The first kappa shape index (κ1) is 14.4. The van der Waals surface area contributed by atoms with Crippen LogP contribution in [-0.4, -0.2) is 37.5 Å². The molecule has 5 nitrogen and oxygen atoms in total. The number of imide groups is 1. The molecule has 0 saturated carbocycles. The summed E-state index contributed by atoms with van der Waals surface area (Å²) in [6.45, 7) is 2.36. The number of carbonyl (C=O) groups excluding carboxylic acids is 2. The van der Waals surface area contributed by atoms with Crippen LogP contribution in [0.5, 0.6) is 11.5 Å². The summed E-state index contributed by atoms with van der Waals surface area (Å²) in [6, 6.07) is 3.47. The molecule has 0 N–H and O–H groups in total. The maximum absolute atomic E-state index is 12.4. The van der Waals surface area contributed by atoms with Crippen molar-refractivity contribution < 1.29 is 19.1 Å². The first-order valence-electron chi connectivity index (χ1n) is 6.72. The smallest absolute Gasteiger partial charge is 0.260 e. The van der Waals surface area contributed by atoms with Gasteiger partial charge in [0.05, 0.1) is 14.2 Å². The van der Waals surface area contributed by atoms with Gasteiger partial charge in [-0.05, 0) is 30.5 Å². The van der Waals surface area contributed by atoms with Gasteiger partial charge in [-0.15, -0.1) is 0 Å². The van der Waals surface area contributed by atoms with Gasteiger partial charge in [-0.1, -0.05) is 6.92 Å². The van der Waals surface area contributed by atoms with Crippen LogP contribution in [-0.2, 0) is 11.2 Å². The van der Waals surface area contributed by atoms with Crippen LogP contribution < -0.4 is 9.47 Å². The van der Waals surface area contributed by atoms with Gasteiger partial charge < -0.3 is 9.47 Å². The van der Waals surface area contributed by atoms with Crippen molar-refractivity contribution in [2.24, 2.45) is 0 Å². The molecule has 1 heterocycles. The summed E-state index contributed by atoms with van der Waals surface area (Å²) in [7, 11) is 3.09. The molecule has 0 fully saturated rings. The number of rotatable bonds is 4. The zero-order valence-electron chi connectivity index (χ0n) is 12.1. The Balaban J connectivity index is 2.36. The molecule has 0 unspecified atom stereocenters. The van der Waals surface area contributed by atoms with E-state index in [0.717, 1.165) is 12.0 Å². The minimum atomic E-state index is -0.245. The number of benzene rings is 1. The third-order valence-corrected chi connectivity index (χ3v) is 3.45. The quantitative estimate of drug-likeness (QED) is 0.845. The zero-order chi connectivity index (χ0) is 14.7. The van der Waals surface area contributed by atoms with Gasteiger partial charge >= 0.3 is 0 Å². The van der Waals surface area contributed by atoms with E-state index in [1.165, 1.54) is 12.0 Å². The molecule has 0 radical (unpaired) electrons. The van der Waals surface area contributed by atoms with Gasteiger partial charge in [0.1, 0.15) is 0 Å². The first-order valence-corrected chi connectivity index (χ1v) is 6.72. The molecule has 0 aromatic heterocycles. The fourth-order valence-electron chi connectivity index (χ4n) is 2.39. The summed E-state index contributed by atoms with van der Waals surface area (Å²) in [5, 5.41) is 0. The van der Waals surface area contributed by atoms with Crippen LogP contribution in [0.2, 0.25) is 0 Å². The Labute approximate surface area is 118 Å². The van der Waals surface area contributed by atoms with Crippen LogP contribution in [0.15, 0.2) is 12.1 Å². The van der Waals surface area contributed by atoms with E-state index in [-0.39, 0.29) is 11.8 Å². The highest BCUT2D eigenvalue weighted by Gasteiger charge is 2.29. The molecule has 1 aromatic carbocycles. The largest absolute Gasteiger partial charge is 0.493 e. The summed E-state index contributed by atoms with van der Waals surface area (Å²) in [5.41, 5.74) is 1.42. The Morgan fingerprint density at radius 3 is 2.50 bits per heavy atom. The minimum absolute atomic E-state index is 0.113. The minimum Gasteiger partial charge on any atom is -0.493 e. The van der Waals surface area contributed by atoms with E-state index in [1.54, 1.807) is 13.2 Å². The average Bonchev–Trinajstić information content (AvgIpc) is 2.46. The molecule has 2 rings (SSSR count). The summed E-state index contributed by atoms with van der Waals surface area (Å²) in [4.78, 5) is 25.7. The molecule has 0 spiro atoms. The lowest BCUT2D eigenvalue weighted by molar-refractivity contribution is -0.128. The van der Waals surface area contributed by atoms with Crippen LogP contribution >= 0.6 is 0 Å². The highest BCUT2D eigenvalue weighted by atomic mass is 16.5. The van der Waals surface area contributed by atoms with Gasteiger partial charge in [-0.25, -0.2) is 0 Å². The number of amides is 2. The van der Waals surface area contributed by atoms with E-state index >= 15 is 0 Å². The van der Waals surface area contributed by atoms with Crippen molar-refractivity contribution in [3.05, 3.63) is 23.3 Å². The normalized spacial score (nSPS) is 13.9. The molecule has 5 heteroatoms. The maximum atomic E-state index is 12.4. The van der Waals surface area contributed by atoms with Gasteiger partial charge in [0.25, 0.3) is 5.91 Å². The maximum Gasteiger partial charge on any atom is 0.260 e. The highest BCUT2D eigenvalue weighted by Crippen LogP contribution is 2.33. The van der Waals surface area contributed by atoms with E-state index in [0.29, 0.717) is 36.4 Å². The third kappa shape index (κ3) is 2.48. The second-order valence-electron chi connectivity index (χ2n) is 4.71. The van der Waals surface area contributed by atoms with Crippen molar-refractivity contribution in [1.29, 1.82) is 0 Å². The number of nitrogens with zero attached hydrogens (tertiary/aromatic N) is 1. The molecular formula is C15H19NO4. The molecule has 1 aliphatic rings. The summed E-state index contributed by atoms with van der Waals surface area (Å²) in [5.74, 6) is 0.750. The van der Waals surface area contributed by atoms with Crippen LogP contribution in [0.1, 0.15) is 35.7 Å². The number of methoxy groups -OCH3 is 2. The molecule has 2 amide bonds. The predicted octanol–water partition coefficient (Wildman–Crippen LogP) is 2.03. The van der Waals surface area contributed by atoms with Crippen LogP contribution in [0.4, 0.5) is 0 Å². The van der Waals surface area contributed by atoms with Crippen molar-refractivity contribution in [2.75, 3.05) is 20.8 Å². The second-order valence-corrected chi connectivity index (χ2v) is 4.71. The fraction of sp³-hybridized carbons (Fsp3) is 0.467.